The zero-order valence-corrected chi connectivity index (χ0v) is 13.0. The second-order valence-corrected chi connectivity index (χ2v) is 5.18. The van der Waals surface area contributed by atoms with Crippen molar-refractivity contribution >= 4 is 11.9 Å². The van der Waals surface area contributed by atoms with Crippen molar-refractivity contribution in [3.8, 4) is 0 Å². The van der Waals surface area contributed by atoms with Crippen LogP contribution in [-0.2, 0) is 18.4 Å². The standard InChI is InChI=1S/C14H19N5O3/c1-8-12(9(2)18(4)17-8)6-15-13(20)10(3)19-7-11(5-16-19)14(21)22/h5,7,10H,6H2,1-4H3,(H,15,20)(H,21,22). The largest absolute Gasteiger partial charge is 0.478 e. The third-order valence-electron chi connectivity index (χ3n) is 3.72. The maximum atomic E-state index is 12.2. The van der Waals surface area contributed by atoms with Gasteiger partial charge in [0.2, 0.25) is 5.91 Å². The summed E-state index contributed by atoms with van der Waals surface area (Å²) in [7, 11) is 1.85. The number of nitrogens with one attached hydrogen (secondary N) is 1. The van der Waals surface area contributed by atoms with Crippen molar-refractivity contribution < 1.29 is 14.7 Å². The Bertz CT molecular complexity index is 716. The molecule has 1 atom stereocenters. The number of aromatic carboxylic acids is 1. The van der Waals surface area contributed by atoms with Gasteiger partial charge in [-0.1, -0.05) is 0 Å². The van der Waals surface area contributed by atoms with Crippen molar-refractivity contribution in [1.82, 2.24) is 24.9 Å². The van der Waals surface area contributed by atoms with Gasteiger partial charge >= 0.3 is 5.97 Å². The Labute approximate surface area is 127 Å². The summed E-state index contributed by atoms with van der Waals surface area (Å²) < 4.78 is 3.11. The van der Waals surface area contributed by atoms with Crippen molar-refractivity contribution in [2.75, 3.05) is 0 Å². The van der Waals surface area contributed by atoms with E-state index >= 15 is 0 Å². The lowest BCUT2D eigenvalue weighted by Gasteiger charge is -2.12. The van der Waals surface area contributed by atoms with Crippen LogP contribution in [0.4, 0.5) is 0 Å². The van der Waals surface area contributed by atoms with E-state index in [2.05, 4.69) is 15.5 Å². The van der Waals surface area contributed by atoms with Gasteiger partial charge in [-0.3, -0.25) is 14.2 Å². The normalized spacial score (nSPS) is 12.2. The van der Waals surface area contributed by atoms with Gasteiger partial charge in [-0.15, -0.1) is 0 Å². The number of aromatic nitrogens is 4. The smallest absolute Gasteiger partial charge is 0.338 e. The quantitative estimate of drug-likeness (QED) is 0.851. The molecule has 0 saturated carbocycles. The fraction of sp³-hybridized carbons (Fsp3) is 0.429. The van der Waals surface area contributed by atoms with Gasteiger partial charge in [0.05, 0.1) is 17.5 Å². The number of aryl methyl sites for hydroxylation is 2. The molecule has 0 aliphatic rings. The van der Waals surface area contributed by atoms with Crippen molar-refractivity contribution in [2.24, 2.45) is 7.05 Å². The molecule has 8 heteroatoms. The molecule has 0 aliphatic heterocycles. The van der Waals surface area contributed by atoms with Crippen LogP contribution in [0.15, 0.2) is 12.4 Å². The molecule has 2 rings (SSSR count). The molecule has 0 saturated heterocycles. The van der Waals surface area contributed by atoms with Gasteiger partial charge in [-0.25, -0.2) is 4.79 Å². The van der Waals surface area contributed by atoms with Crippen LogP contribution < -0.4 is 5.32 Å². The van der Waals surface area contributed by atoms with Crippen molar-refractivity contribution in [1.29, 1.82) is 0 Å². The van der Waals surface area contributed by atoms with E-state index < -0.39 is 12.0 Å². The predicted molar refractivity (Wildman–Crippen MR) is 78.4 cm³/mol. The minimum atomic E-state index is -1.07. The first-order valence-corrected chi connectivity index (χ1v) is 6.85. The third-order valence-corrected chi connectivity index (χ3v) is 3.72. The summed E-state index contributed by atoms with van der Waals surface area (Å²) in [4.78, 5) is 23.0. The number of carbonyl (C=O) groups excluding carboxylic acids is 1. The predicted octanol–water partition coefficient (Wildman–Crippen LogP) is 0.809. The summed E-state index contributed by atoms with van der Waals surface area (Å²) in [6, 6.07) is -0.592. The van der Waals surface area contributed by atoms with E-state index in [1.54, 1.807) is 11.6 Å². The summed E-state index contributed by atoms with van der Waals surface area (Å²) in [5.74, 6) is -1.30. The summed E-state index contributed by atoms with van der Waals surface area (Å²) in [6.07, 6.45) is 2.56. The van der Waals surface area contributed by atoms with E-state index in [0.29, 0.717) is 6.54 Å². The Balaban J connectivity index is 2.03. The summed E-state index contributed by atoms with van der Waals surface area (Å²) in [6.45, 7) is 5.88. The number of hydrogen-bond acceptors (Lipinski definition) is 4. The molecule has 22 heavy (non-hydrogen) atoms. The molecule has 2 N–H and O–H groups in total. The van der Waals surface area contributed by atoms with Gasteiger partial charge in [0.25, 0.3) is 0 Å². The van der Waals surface area contributed by atoms with Gasteiger partial charge < -0.3 is 10.4 Å². The lowest BCUT2D eigenvalue weighted by atomic mass is 10.2. The first-order chi connectivity index (χ1) is 10.3. The number of nitrogens with zero attached hydrogens (tertiary/aromatic N) is 4. The topological polar surface area (TPSA) is 102 Å². The minimum Gasteiger partial charge on any atom is -0.478 e. The number of carboxylic acid groups (broad SMARTS) is 1. The zero-order chi connectivity index (χ0) is 16.4. The van der Waals surface area contributed by atoms with E-state index in [4.69, 9.17) is 5.11 Å². The molecular formula is C14H19N5O3. The molecule has 2 aromatic rings. The van der Waals surface area contributed by atoms with Gasteiger partial charge in [-0.2, -0.15) is 10.2 Å². The second-order valence-electron chi connectivity index (χ2n) is 5.18. The molecule has 1 amide bonds. The molecule has 2 aromatic heterocycles. The minimum absolute atomic E-state index is 0.0543. The highest BCUT2D eigenvalue weighted by Gasteiger charge is 2.18. The first-order valence-electron chi connectivity index (χ1n) is 6.85. The van der Waals surface area contributed by atoms with E-state index in [9.17, 15) is 9.59 Å². The summed E-state index contributed by atoms with van der Waals surface area (Å²) in [5, 5.41) is 19.9. The highest BCUT2D eigenvalue weighted by atomic mass is 16.4. The molecule has 2 heterocycles. The molecule has 0 fully saturated rings. The summed E-state index contributed by atoms with van der Waals surface area (Å²) in [5.41, 5.74) is 2.91. The molecule has 0 radical (unpaired) electrons. The maximum absolute atomic E-state index is 12.2. The maximum Gasteiger partial charge on any atom is 0.338 e. The lowest BCUT2D eigenvalue weighted by Crippen LogP contribution is -2.31. The highest BCUT2D eigenvalue weighted by Crippen LogP contribution is 2.12. The van der Waals surface area contributed by atoms with Gasteiger partial charge in [0.1, 0.15) is 6.04 Å². The molecule has 0 aromatic carbocycles. The molecule has 8 nitrogen and oxygen atoms in total. The van der Waals surface area contributed by atoms with E-state index in [0.717, 1.165) is 17.0 Å². The second kappa shape index (κ2) is 6.00. The molecule has 1 unspecified atom stereocenters. The molecule has 0 aliphatic carbocycles. The highest BCUT2D eigenvalue weighted by molar-refractivity contribution is 5.87. The average Bonchev–Trinajstić information content (AvgIpc) is 3.03. The van der Waals surface area contributed by atoms with E-state index in [1.165, 1.54) is 17.1 Å². The Morgan fingerprint density at radius 1 is 1.41 bits per heavy atom. The van der Waals surface area contributed by atoms with E-state index in [-0.39, 0.29) is 11.5 Å². The van der Waals surface area contributed by atoms with Crippen LogP contribution in [0, 0.1) is 13.8 Å². The van der Waals surface area contributed by atoms with Crippen LogP contribution in [0.25, 0.3) is 0 Å². The molecular weight excluding hydrogens is 286 g/mol. The van der Waals surface area contributed by atoms with Crippen LogP contribution in [0.2, 0.25) is 0 Å². The van der Waals surface area contributed by atoms with E-state index in [1.807, 2.05) is 20.9 Å². The molecule has 0 spiro atoms. The fourth-order valence-electron chi connectivity index (χ4n) is 2.18. The van der Waals surface area contributed by atoms with Crippen molar-refractivity contribution in [2.45, 2.75) is 33.4 Å². The Hall–Kier alpha value is -2.64. The van der Waals surface area contributed by atoms with Gasteiger partial charge in [0, 0.05) is 31.0 Å². The third kappa shape index (κ3) is 3.00. The number of carboxylic acids is 1. The summed E-state index contributed by atoms with van der Waals surface area (Å²) >= 11 is 0. The van der Waals surface area contributed by atoms with Gasteiger partial charge in [0.15, 0.2) is 0 Å². The average molecular weight is 305 g/mol. The van der Waals surface area contributed by atoms with Crippen molar-refractivity contribution in [3.63, 3.8) is 0 Å². The lowest BCUT2D eigenvalue weighted by molar-refractivity contribution is -0.124. The zero-order valence-electron chi connectivity index (χ0n) is 13.0. The fourth-order valence-corrected chi connectivity index (χ4v) is 2.18. The monoisotopic (exact) mass is 305 g/mol. The SMILES string of the molecule is Cc1nn(C)c(C)c1CNC(=O)C(C)n1cc(C(=O)O)cn1. The molecule has 118 valence electrons. The molecule has 0 bridgehead atoms. The van der Waals surface area contributed by atoms with Crippen LogP contribution >= 0.6 is 0 Å². The Morgan fingerprint density at radius 2 is 2.09 bits per heavy atom. The Kier molecular flexibility index (Phi) is 4.30. The first kappa shape index (κ1) is 15.7. The van der Waals surface area contributed by atoms with Crippen LogP contribution in [-0.4, -0.2) is 36.5 Å². The van der Waals surface area contributed by atoms with Crippen molar-refractivity contribution in [3.05, 3.63) is 34.9 Å². The number of amides is 1. The number of hydrogen-bond donors (Lipinski definition) is 2. The van der Waals surface area contributed by atoms with Crippen LogP contribution in [0.3, 0.4) is 0 Å². The van der Waals surface area contributed by atoms with Crippen LogP contribution in [0.1, 0.15) is 40.3 Å². The van der Waals surface area contributed by atoms with Gasteiger partial charge in [-0.05, 0) is 20.8 Å². The van der Waals surface area contributed by atoms with Crippen LogP contribution in [0.5, 0.6) is 0 Å². The number of carbonyl (C=O) groups is 2. The number of rotatable bonds is 5. The Morgan fingerprint density at radius 3 is 2.59 bits per heavy atom.